The van der Waals surface area contributed by atoms with Gasteiger partial charge in [-0.2, -0.15) is 0 Å². The van der Waals surface area contributed by atoms with Crippen molar-refractivity contribution in [2.45, 2.75) is 13.3 Å². The Morgan fingerprint density at radius 3 is 2.86 bits per heavy atom. The summed E-state index contributed by atoms with van der Waals surface area (Å²) in [4.78, 5) is 20.8. The molecule has 2 heterocycles. The number of aliphatic hydroxyl groups is 1. The van der Waals surface area contributed by atoms with Gasteiger partial charge in [0.05, 0.1) is 12.2 Å². The van der Waals surface area contributed by atoms with Crippen LogP contribution in [0.5, 0.6) is 0 Å². The third kappa shape index (κ3) is 4.41. The summed E-state index contributed by atoms with van der Waals surface area (Å²) in [6, 6.07) is 3.66. The molecule has 0 unspecified atom stereocenters. The molecule has 0 radical (unpaired) electrons. The van der Waals surface area contributed by atoms with Crippen molar-refractivity contribution in [1.29, 1.82) is 0 Å². The molecule has 116 valence electrons. The number of nitrogens with zero attached hydrogens (tertiary/aromatic N) is 3. The number of aliphatic hydroxyl groups excluding tert-OH is 1. The van der Waals surface area contributed by atoms with Crippen molar-refractivity contribution in [3.8, 4) is 0 Å². The van der Waals surface area contributed by atoms with E-state index in [1.54, 1.807) is 6.20 Å². The fourth-order valence-corrected chi connectivity index (χ4v) is 2.53. The highest BCUT2D eigenvalue weighted by atomic mass is 16.3. The maximum atomic E-state index is 12.5. The topological polar surface area (TPSA) is 68.7 Å². The summed E-state index contributed by atoms with van der Waals surface area (Å²) in [5, 5.41) is 12.1. The lowest BCUT2D eigenvalue weighted by molar-refractivity contribution is 0.0760. The number of nitrogens with one attached hydrogen (secondary N) is 1. The van der Waals surface area contributed by atoms with E-state index in [2.05, 4.69) is 15.2 Å². The Balaban J connectivity index is 1.95. The molecule has 0 bridgehead atoms. The molecule has 21 heavy (non-hydrogen) atoms. The number of carbonyl (C=O) groups excluding carboxylic acids is 1. The first-order valence-corrected chi connectivity index (χ1v) is 7.57. The molecule has 0 atom stereocenters. The van der Waals surface area contributed by atoms with Crippen LogP contribution in [0, 0.1) is 0 Å². The van der Waals surface area contributed by atoms with Crippen LogP contribution in [0.3, 0.4) is 0 Å². The lowest BCUT2D eigenvalue weighted by Crippen LogP contribution is -2.36. The first kappa shape index (κ1) is 15.7. The Labute approximate surface area is 125 Å². The van der Waals surface area contributed by atoms with E-state index in [9.17, 15) is 4.79 Å². The van der Waals surface area contributed by atoms with E-state index in [4.69, 9.17) is 5.11 Å². The third-order valence-corrected chi connectivity index (χ3v) is 3.66. The van der Waals surface area contributed by atoms with Gasteiger partial charge in [0.1, 0.15) is 5.82 Å². The van der Waals surface area contributed by atoms with E-state index >= 15 is 0 Å². The van der Waals surface area contributed by atoms with Crippen LogP contribution in [0.2, 0.25) is 0 Å². The summed E-state index contributed by atoms with van der Waals surface area (Å²) < 4.78 is 0. The number of amides is 1. The molecule has 0 spiro atoms. The van der Waals surface area contributed by atoms with Crippen molar-refractivity contribution in [1.82, 2.24) is 14.8 Å². The second-order valence-corrected chi connectivity index (χ2v) is 5.17. The fourth-order valence-electron chi connectivity index (χ4n) is 2.53. The molecule has 1 aliphatic heterocycles. The largest absolute Gasteiger partial charge is 0.395 e. The SMILES string of the molecule is CCNc1ccc(C(=O)N2CCCN(CCO)CC2)cn1. The molecule has 1 aromatic heterocycles. The Bertz CT molecular complexity index is 449. The van der Waals surface area contributed by atoms with Crippen molar-refractivity contribution < 1.29 is 9.90 Å². The van der Waals surface area contributed by atoms with Gasteiger partial charge in [-0.05, 0) is 32.0 Å². The Morgan fingerprint density at radius 2 is 2.19 bits per heavy atom. The van der Waals surface area contributed by atoms with Crippen LogP contribution in [0.15, 0.2) is 18.3 Å². The lowest BCUT2D eigenvalue weighted by atomic mass is 10.2. The predicted molar refractivity (Wildman–Crippen MR) is 82.4 cm³/mol. The average molecular weight is 292 g/mol. The van der Waals surface area contributed by atoms with E-state index in [0.717, 1.165) is 38.4 Å². The summed E-state index contributed by atoms with van der Waals surface area (Å²) >= 11 is 0. The van der Waals surface area contributed by atoms with Crippen LogP contribution >= 0.6 is 0 Å². The quantitative estimate of drug-likeness (QED) is 0.834. The number of carbonyl (C=O) groups is 1. The summed E-state index contributed by atoms with van der Waals surface area (Å²) in [6.07, 6.45) is 2.57. The Hall–Kier alpha value is -1.66. The smallest absolute Gasteiger partial charge is 0.255 e. The van der Waals surface area contributed by atoms with E-state index in [1.165, 1.54) is 0 Å². The number of hydrogen-bond acceptors (Lipinski definition) is 5. The molecule has 6 heteroatoms. The lowest BCUT2D eigenvalue weighted by Gasteiger charge is -2.21. The maximum absolute atomic E-state index is 12.5. The average Bonchev–Trinajstić information content (AvgIpc) is 2.74. The molecule has 2 rings (SSSR count). The van der Waals surface area contributed by atoms with E-state index in [-0.39, 0.29) is 12.5 Å². The van der Waals surface area contributed by atoms with Gasteiger partial charge >= 0.3 is 0 Å². The monoisotopic (exact) mass is 292 g/mol. The highest BCUT2D eigenvalue weighted by molar-refractivity contribution is 5.94. The second kappa shape index (κ2) is 7.95. The summed E-state index contributed by atoms with van der Waals surface area (Å²) in [6.45, 7) is 6.88. The van der Waals surface area contributed by atoms with Gasteiger partial charge in [-0.3, -0.25) is 9.69 Å². The zero-order valence-corrected chi connectivity index (χ0v) is 12.6. The number of hydrogen-bond donors (Lipinski definition) is 2. The Morgan fingerprint density at radius 1 is 1.33 bits per heavy atom. The predicted octanol–water partition coefficient (Wildman–Crippen LogP) is 0.654. The number of aromatic nitrogens is 1. The van der Waals surface area contributed by atoms with Crippen LogP contribution in [-0.4, -0.2) is 71.7 Å². The molecular formula is C15H24N4O2. The van der Waals surface area contributed by atoms with E-state index in [1.807, 2.05) is 24.0 Å². The van der Waals surface area contributed by atoms with Gasteiger partial charge in [-0.1, -0.05) is 0 Å². The highest BCUT2D eigenvalue weighted by Gasteiger charge is 2.20. The zero-order chi connectivity index (χ0) is 15.1. The molecule has 2 N–H and O–H groups in total. The van der Waals surface area contributed by atoms with Gasteiger partial charge in [0.2, 0.25) is 0 Å². The number of β-amino-alcohol motifs (C(OH)–C–C–N with tert-alkyl or cyclic N) is 1. The third-order valence-electron chi connectivity index (χ3n) is 3.66. The maximum Gasteiger partial charge on any atom is 0.255 e. The van der Waals surface area contributed by atoms with Crippen molar-refractivity contribution in [2.24, 2.45) is 0 Å². The van der Waals surface area contributed by atoms with Crippen molar-refractivity contribution in [3.63, 3.8) is 0 Å². The van der Waals surface area contributed by atoms with Crippen LogP contribution in [0.25, 0.3) is 0 Å². The molecule has 1 amide bonds. The normalized spacial score (nSPS) is 16.6. The van der Waals surface area contributed by atoms with Crippen molar-refractivity contribution in [2.75, 3.05) is 51.2 Å². The van der Waals surface area contributed by atoms with Gasteiger partial charge in [0.25, 0.3) is 5.91 Å². The first-order chi connectivity index (χ1) is 10.2. The van der Waals surface area contributed by atoms with Crippen molar-refractivity contribution >= 4 is 11.7 Å². The summed E-state index contributed by atoms with van der Waals surface area (Å²) in [5.74, 6) is 0.829. The minimum Gasteiger partial charge on any atom is -0.395 e. The standard InChI is InChI=1S/C15H24N4O2/c1-2-16-14-5-4-13(12-17-14)15(21)19-7-3-6-18(8-9-19)10-11-20/h4-5,12,20H,2-3,6-11H2,1H3,(H,16,17). The Kier molecular flexibility index (Phi) is 5.95. The molecule has 6 nitrogen and oxygen atoms in total. The fraction of sp³-hybridized carbons (Fsp3) is 0.600. The van der Waals surface area contributed by atoms with Crippen LogP contribution < -0.4 is 5.32 Å². The second-order valence-electron chi connectivity index (χ2n) is 5.17. The van der Waals surface area contributed by atoms with Crippen molar-refractivity contribution in [3.05, 3.63) is 23.9 Å². The molecule has 0 aliphatic carbocycles. The van der Waals surface area contributed by atoms with Gasteiger partial charge in [0.15, 0.2) is 0 Å². The van der Waals surface area contributed by atoms with Gasteiger partial charge < -0.3 is 15.3 Å². The van der Waals surface area contributed by atoms with E-state index < -0.39 is 0 Å². The number of pyridine rings is 1. The molecule has 1 aromatic rings. The molecule has 1 saturated heterocycles. The summed E-state index contributed by atoms with van der Waals surface area (Å²) in [7, 11) is 0. The van der Waals surface area contributed by atoms with E-state index in [0.29, 0.717) is 18.7 Å². The van der Waals surface area contributed by atoms with Crippen LogP contribution in [0.1, 0.15) is 23.7 Å². The summed E-state index contributed by atoms with van der Waals surface area (Å²) in [5.41, 5.74) is 0.632. The molecule has 1 fully saturated rings. The molecule has 0 saturated carbocycles. The molecule has 1 aliphatic rings. The molecular weight excluding hydrogens is 268 g/mol. The number of anilines is 1. The van der Waals surface area contributed by atoms with Gasteiger partial charge in [0, 0.05) is 38.9 Å². The van der Waals surface area contributed by atoms with Gasteiger partial charge in [-0.15, -0.1) is 0 Å². The van der Waals surface area contributed by atoms with Crippen LogP contribution in [-0.2, 0) is 0 Å². The first-order valence-electron chi connectivity index (χ1n) is 7.57. The van der Waals surface area contributed by atoms with Crippen LogP contribution in [0.4, 0.5) is 5.82 Å². The zero-order valence-electron chi connectivity index (χ0n) is 12.6. The van der Waals surface area contributed by atoms with Gasteiger partial charge in [-0.25, -0.2) is 4.98 Å². The highest BCUT2D eigenvalue weighted by Crippen LogP contribution is 2.10. The number of rotatable bonds is 5. The minimum absolute atomic E-state index is 0.0383. The molecule has 0 aromatic carbocycles. The minimum atomic E-state index is 0.0383.